The normalized spacial score (nSPS) is 20.4. The van der Waals surface area contributed by atoms with E-state index >= 15 is 0 Å². The smallest absolute Gasteiger partial charge is 0.232 e. The van der Waals surface area contributed by atoms with Crippen molar-refractivity contribution >= 4 is 28.7 Å². The van der Waals surface area contributed by atoms with Crippen LogP contribution in [0.3, 0.4) is 0 Å². The second-order valence-electron chi connectivity index (χ2n) is 9.15. The van der Waals surface area contributed by atoms with Crippen LogP contribution in [0.15, 0.2) is 12.4 Å². The Morgan fingerprint density at radius 2 is 1.97 bits per heavy atom. The number of nitrogens with one attached hydrogen (secondary N) is 2. The Bertz CT molecular complexity index is 1060. The summed E-state index contributed by atoms with van der Waals surface area (Å²) in [6.45, 7) is 9.29. The number of aromatic nitrogens is 6. The van der Waals surface area contributed by atoms with Gasteiger partial charge in [-0.05, 0) is 65.7 Å². The number of rotatable bonds is 7. The highest BCUT2D eigenvalue weighted by molar-refractivity contribution is 5.85. The highest BCUT2D eigenvalue weighted by atomic mass is 16.5. The molecule has 2 fully saturated rings. The number of hydrogen-bond acceptors (Lipinski definition) is 7. The fourth-order valence-electron chi connectivity index (χ4n) is 4.34. The summed E-state index contributed by atoms with van der Waals surface area (Å²) < 4.78 is 10.1. The van der Waals surface area contributed by atoms with E-state index in [9.17, 15) is 0 Å². The summed E-state index contributed by atoms with van der Waals surface area (Å²) in [4.78, 5) is 14.3. The van der Waals surface area contributed by atoms with E-state index in [0.717, 1.165) is 54.4 Å². The van der Waals surface area contributed by atoms with E-state index < -0.39 is 0 Å². The van der Waals surface area contributed by atoms with Gasteiger partial charge in [0.2, 0.25) is 5.95 Å². The van der Waals surface area contributed by atoms with Gasteiger partial charge >= 0.3 is 0 Å². The van der Waals surface area contributed by atoms with Crippen LogP contribution in [0.2, 0.25) is 0 Å². The Balaban J connectivity index is 1.52. The Labute approximate surface area is 182 Å². The van der Waals surface area contributed by atoms with Crippen molar-refractivity contribution in [3.8, 4) is 0 Å². The number of ether oxygens (including phenoxy) is 1. The number of fused-ring (bicyclic) bond motifs is 1. The van der Waals surface area contributed by atoms with Crippen LogP contribution in [-0.2, 0) is 4.74 Å². The molecule has 0 aromatic carbocycles. The predicted molar refractivity (Wildman–Crippen MR) is 121 cm³/mol. The first-order valence-corrected chi connectivity index (χ1v) is 11.5. The lowest BCUT2D eigenvalue weighted by Crippen LogP contribution is -2.20. The molecule has 0 bridgehead atoms. The van der Waals surface area contributed by atoms with Gasteiger partial charge in [-0.25, -0.2) is 4.98 Å². The molecular formula is C22H32N8O. The van der Waals surface area contributed by atoms with Gasteiger partial charge in [0.05, 0.1) is 6.33 Å². The zero-order valence-electron chi connectivity index (χ0n) is 18.8. The van der Waals surface area contributed by atoms with Gasteiger partial charge in [-0.15, -0.1) is 0 Å². The fourth-order valence-corrected chi connectivity index (χ4v) is 4.34. The molecule has 3 aromatic rings. The third kappa shape index (κ3) is 4.11. The highest BCUT2D eigenvalue weighted by Crippen LogP contribution is 2.35. The van der Waals surface area contributed by atoms with E-state index in [-0.39, 0.29) is 6.23 Å². The van der Waals surface area contributed by atoms with Gasteiger partial charge in [0.15, 0.2) is 22.8 Å². The van der Waals surface area contributed by atoms with E-state index in [0.29, 0.717) is 23.9 Å². The first-order valence-electron chi connectivity index (χ1n) is 11.5. The molecule has 0 spiro atoms. The summed E-state index contributed by atoms with van der Waals surface area (Å²) in [7, 11) is 0. The summed E-state index contributed by atoms with van der Waals surface area (Å²) in [6, 6.07) is 2.67. The van der Waals surface area contributed by atoms with Crippen molar-refractivity contribution in [3.05, 3.63) is 18.1 Å². The average Bonchev–Trinajstić information content (AvgIpc) is 3.42. The molecule has 5 rings (SSSR count). The number of anilines is 3. The van der Waals surface area contributed by atoms with Crippen LogP contribution in [0.5, 0.6) is 0 Å². The Morgan fingerprint density at radius 1 is 1.13 bits per heavy atom. The van der Waals surface area contributed by atoms with Gasteiger partial charge in [-0.2, -0.15) is 15.1 Å². The van der Waals surface area contributed by atoms with Gasteiger partial charge in [0.1, 0.15) is 6.23 Å². The van der Waals surface area contributed by atoms with Crippen LogP contribution in [0.4, 0.5) is 17.6 Å². The third-order valence-corrected chi connectivity index (χ3v) is 6.23. The zero-order valence-corrected chi connectivity index (χ0v) is 18.8. The molecule has 3 aromatic heterocycles. The maximum Gasteiger partial charge on any atom is 0.232 e. The lowest BCUT2D eigenvalue weighted by Gasteiger charge is -2.24. The second kappa shape index (κ2) is 8.11. The van der Waals surface area contributed by atoms with Crippen molar-refractivity contribution < 1.29 is 4.74 Å². The Kier molecular flexibility index (Phi) is 5.29. The largest absolute Gasteiger partial charge is 0.365 e. The first-order chi connectivity index (χ1) is 15.0. The van der Waals surface area contributed by atoms with Crippen molar-refractivity contribution in [2.24, 2.45) is 5.92 Å². The molecule has 166 valence electrons. The number of nitrogens with zero attached hydrogens (tertiary/aromatic N) is 6. The number of hydrogen-bond donors (Lipinski definition) is 2. The lowest BCUT2D eigenvalue weighted by molar-refractivity contribution is -0.0298. The highest BCUT2D eigenvalue weighted by Gasteiger charge is 2.29. The molecule has 1 aliphatic heterocycles. The molecule has 0 amide bonds. The monoisotopic (exact) mass is 424 g/mol. The van der Waals surface area contributed by atoms with Gasteiger partial charge in [-0.3, -0.25) is 9.25 Å². The summed E-state index contributed by atoms with van der Waals surface area (Å²) in [5, 5.41) is 11.6. The third-order valence-electron chi connectivity index (χ3n) is 6.23. The predicted octanol–water partition coefficient (Wildman–Crippen LogP) is 4.57. The zero-order chi connectivity index (χ0) is 21.5. The molecule has 1 aliphatic carbocycles. The van der Waals surface area contributed by atoms with Gasteiger partial charge in [0.25, 0.3) is 0 Å². The molecule has 31 heavy (non-hydrogen) atoms. The first kappa shape index (κ1) is 20.2. The van der Waals surface area contributed by atoms with Crippen LogP contribution >= 0.6 is 0 Å². The molecular weight excluding hydrogens is 392 g/mol. The van der Waals surface area contributed by atoms with E-state index in [1.807, 2.05) is 21.6 Å². The van der Waals surface area contributed by atoms with E-state index in [1.54, 1.807) is 0 Å². The van der Waals surface area contributed by atoms with Gasteiger partial charge < -0.3 is 15.4 Å². The van der Waals surface area contributed by atoms with E-state index in [4.69, 9.17) is 14.7 Å². The van der Waals surface area contributed by atoms with Crippen molar-refractivity contribution in [2.75, 3.05) is 17.2 Å². The molecule has 2 aliphatic rings. The Morgan fingerprint density at radius 3 is 2.65 bits per heavy atom. The number of imidazole rings is 1. The molecule has 9 heteroatoms. The maximum atomic E-state index is 6.01. The van der Waals surface area contributed by atoms with Crippen molar-refractivity contribution in [1.29, 1.82) is 0 Å². The molecule has 1 saturated heterocycles. The fraction of sp³-hybridized carbons (Fsp3) is 0.636. The summed E-state index contributed by atoms with van der Waals surface area (Å²) in [5.41, 5.74) is 2.67. The minimum atomic E-state index is -0.0300. The van der Waals surface area contributed by atoms with Crippen molar-refractivity contribution in [1.82, 2.24) is 29.3 Å². The van der Waals surface area contributed by atoms with Gasteiger partial charge in [-0.1, -0.05) is 0 Å². The SMILES string of the molecule is Cc1cc(Nc2nc(N[C@@H](C)C3CC3)c3ncn(C4CCCCO4)c3n2)nn1C(C)C. The Hall–Kier alpha value is -2.68. The van der Waals surface area contributed by atoms with Crippen LogP contribution in [0.25, 0.3) is 11.2 Å². The maximum absolute atomic E-state index is 6.01. The minimum Gasteiger partial charge on any atom is -0.365 e. The van der Waals surface area contributed by atoms with E-state index in [1.165, 1.54) is 12.8 Å². The molecule has 1 saturated carbocycles. The molecule has 1 unspecified atom stereocenters. The minimum absolute atomic E-state index is 0.0300. The molecule has 0 radical (unpaired) electrons. The van der Waals surface area contributed by atoms with Crippen LogP contribution in [-0.4, -0.2) is 41.9 Å². The van der Waals surface area contributed by atoms with E-state index in [2.05, 4.69) is 48.4 Å². The quantitative estimate of drug-likeness (QED) is 0.574. The van der Waals surface area contributed by atoms with Gasteiger partial charge in [0, 0.05) is 30.5 Å². The summed E-state index contributed by atoms with van der Waals surface area (Å²) in [5.74, 6) is 2.73. The topological polar surface area (TPSA) is 94.7 Å². The summed E-state index contributed by atoms with van der Waals surface area (Å²) in [6.07, 6.45) is 7.57. The molecule has 2 N–H and O–H groups in total. The average molecular weight is 425 g/mol. The standard InChI is InChI=1S/C22H32N8O/c1-13(2)30-14(3)11-17(28-30)25-22-26-20(24-15(4)16-8-9-16)19-21(27-22)29(12-23-19)18-7-5-6-10-31-18/h11-13,15-16,18H,5-10H2,1-4H3,(H2,24,25,26,27,28)/t15-,18?/m0/s1. The summed E-state index contributed by atoms with van der Waals surface area (Å²) >= 11 is 0. The molecule has 4 heterocycles. The van der Waals surface area contributed by atoms with Crippen molar-refractivity contribution in [3.63, 3.8) is 0 Å². The lowest BCUT2D eigenvalue weighted by atomic mass is 10.2. The number of aryl methyl sites for hydroxylation is 1. The second-order valence-corrected chi connectivity index (χ2v) is 9.15. The van der Waals surface area contributed by atoms with Crippen LogP contribution in [0, 0.1) is 12.8 Å². The molecule has 9 nitrogen and oxygen atoms in total. The van der Waals surface area contributed by atoms with Crippen LogP contribution < -0.4 is 10.6 Å². The van der Waals surface area contributed by atoms with Crippen molar-refractivity contribution in [2.45, 2.75) is 78.1 Å². The van der Waals surface area contributed by atoms with Crippen LogP contribution in [0.1, 0.15) is 70.8 Å². The molecule has 2 atom stereocenters.